The lowest BCUT2D eigenvalue weighted by molar-refractivity contribution is 0.175. The first-order chi connectivity index (χ1) is 11.1. The summed E-state index contributed by atoms with van der Waals surface area (Å²) < 4.78 is 10.1. The summed E-state index contributed by atoms with van der Waals surface area (Å²) in [6, 6.07) is 9.89. The van der Waals surface area contributed by atoms with Crippen molar-refractivity contribution in [1.82, 2.24) is 10.3 Å². The number of urea groups is 1. The van der Waals surface area contributed by atoms with E-state index in [0.717, 1.165) is 0 Å². The van der Waals surface area contributed by atoms with E-state index in [9.17, 15) is 9.90 Å². The van der Waals surface area contributed by atoms with E-state index < -0.39 is 12.1 Å². The number of carbonyl (C=O) groups excluding carboxylic acids is 1. The number of benzene rings is 1. The molecule has 2 rings (SSSR count). The Labute approximate surface area is 134 Å². The summed E-state index contributed by atoms with van der Waals surface area (Å²) in [6.07, 6.45) is 0.748. The lowest BCUT2D eigenvalue weighted by Gasteiger charge is -2.14. The Morgan fingerprint density at radius 1 is 1.22 bits per heavy atom. The second-order valence-electron chi connectivity index (χ2n) is 4.68. The smallest absolute Gasteiger partial charge is 0.319 e. The van der Waals surface area contributed by atoms with E-state index in [4.69, 9.17) is 9.47 Å². The van der Waals surface area contributed by atoms with Crippen LogP contribution < -0.4 is 20.1 Å². The van der Waals surface area contributed by atoms with Gasteiger partial charge < -0.3 is 25.2 Å². The van der Waals surface area contributed by atoms with E-state index in [0.29, 0.717) is 22.9 Å². The Kier molecular flexibility index (Phi) is 5.76. The Morgan fingerprint density at radius 3 is 2.61 bits per heavy atom. The maximum atomic E-state index is 11.9. The minimum Gasteiger partial charge on any atom is -0.497 e. The van der Waals surface area contributed by atoms with Gasteiger partial charge in [0.2, 0.25) is 5.88 Å². The molecule has 122 valence electrons. The van der Waals surface area contributed by atoms with Crippen molar-refractivity contribution in [2.45, 2.75) is 6.10 Å². The zero-order valence-electron chi connectivity index (χ0n) is 12.9. The number of aliphatic hydroxyl groups excluding tert-OH is 1. The summed E-state index contributed by atoms with van der Waals surface area (Å²) in [5.74, 6) is 1.02. The summed E-state index contributed by atoms with van der Waals surface area (Å²) in [5, 5.41) is 15.3. The number of ether oxygens (including phenoxy) is 2. The molecule has 3 N–H and O–H groups in total. The zero-order valence-corrected chi connectivity index (χ0v) is 12.9. The number of pyridine rings is 1. The zero-order chi connectivity index (χ0) is 16.7. The molecule has 1 unspecified atom stereocenters. The molecule has 0 radical (unpaired) electrons. The van der Waals surface area contributed by atoms with Crippen LogP contribution in [0.4, 0.5) is 10.5 Å². The van der Waals surface area contributed by atoms with Gasteiger partial charge in [-0.3, -0.25) is 0 Å². The van der Waals surface area contributed by atoms with Crippen molar-refractivity contribution < 1.29 is 19.4 Å². The summed E-state index contributed by atoms with van der Waals surface area (Å²) in [7, 11) is 3.04. The van der Waals surface area contributed by atoms with Crippen molar-refractivity contribution in [3.63, 3.8) is 0 Å². The molecule has 1 atom stereocenters. The van der Waals surface area contributed by atoms with E-state index in [-0.39, 0.29) is 6.54 Å². The van der Waals surface area contributed by atoms with Gasteiger partial charge >= 0.3 is 6.03 Å². The summed E-state index contributed by atoms with van der Waals surface area (Å²) in [6.45, 7) is 0.0702. The highest BCUT2D eigenvalue weighted by Gasteiger charge is 2.11. The van der Waals surface area contributed by atoms with Crippen LogP contribution in [0.1, 0.15) is 11.7 Å². The van der Waals surface area contributed by atoms with E-state index in [1.165, 1.54) is 7.11 Å². The van der Waals surface area contributed by atoms with Gasteiger partial charge in [-0.2, -0.15) is 0 Å². The predicted molar refractivity (Wildman–Crippen MR) is 85.8 cm³/mol. The fourth-order valence-corrected chi connectivity index (χ4v) is 1.95. The van der Waals surface area contributed by atoms with Crippen LogP contribution in [0.25, 0.3) is 0 Å². The van der Waals surface area contributed by atoms with Crippen molar-refractivity contribution in [3.8, 4) is 11.6 Å². The quantitative estimate of drug-likeness (QED) is 0.757. The molecular weight excluding hydrogens is 298 g/mol. The number of rotatable bonds is 6. The van der Waals surface area contributed by atoms with Crippen LogP contribution in [0.2, 0.25) is 0 Å². The highest BCUT2D eigenvalue weighted by Crippen LogP contribution is 2.20. The van der Waals surface area contributed by atoms with E-state index in [1.807, 2.05) is 0 Å². The van der Waals surface area contributed by atoms with Crippen LogP contribution in [-0.4, -0.2) is 36.9 Å². The molecule has 2 aromatic rings. The summed E-state index contributed by atoms with van der Waals surface area (Å²) in [4.78, 5) is 15.9. The standard InChI is InChI=1S/C16H19N3O4/c1-22-12-7-5-11(6-8-12)14(20)10-18-16(21)19-13-4-3-9-17-15(13)23-2/h3-9,14,20H,10H2,1-2H3,(H2,18,19,21). The van der Waals surface area contributed by atoms with Crippen LogP contribution in [0.15, 0.2) is 42.6 Å². The maximum Gasteiger partial charge on any atom is 0.319 e. The third-order valence-electron chi connectivity index (χ3n) is 3.17. The van der Waals surface area contributed by atoms with Crippen LogP contribution >= 0.6 is 0 Å². The number of anilines is 1. The SMILES string of the molecule is COc1ccc(C(O)CNC(=O)Nc2cccnc2OC)cc1. The van der Waals surface area contributed by atoms with Crippen molar-refractivity contribution in [2.75, 3.05) is 26.1 Å². The fourth-order valence-electron chi connectivity index (χ4n) is 1.95. The highest BCUT2D eigenvalue weighted by atomic mass is 16.5. The Morgan fingerprint density at radius 2 is 1.96 bits per heavy atom. The van der Waals surface area contributed by atoms with E-state index >= 15 is 0 Å². The Hall–Kier alpha value is -2.80. The number of amides is 2. The van der Waals surface area contributed by atoms with Crippen molar-refractivity contribution >= 4 is 11.7 Å². The number of methoxy groups -OCH3 is 2. The summed E-state index contributed by atoms with van der Waals surface area (Å²) >= 11 is 0. The van der Waals surface area contributed by atoms with Crippen LogP contribution in [0.5, 0.6) is 11.6 Å². The first kappa shape index (κ1) is 16.6. The second-order valence-corrected chi connectivity index (χ2v) is 4.68. The third-order valence-corrected chi connectivity index (χ3v) is 3.17. The van der Waals surface area contributed by atoms with Crippen LogP contribution in [-0.2, 0) is 0 Å². The van der Waals surface area contributed by atoms with E-state index in [2.05, 4.69) is 15.6 Å². The molecule has 0 bridgehead atoms. The molecule has 7 heteroatoms. The van der Waals surface area contributed by atoms with Gasteiger partial charge in [0.05, 0.1) is 20.3 Å². The minimum atomic E-state index is -0.817. The molecule has 0 fully saturated rings. The molecule has 0 aliphatic rings. The molecule has 23 heavy (non-hydrogen) atoms. The average Bonchev–Trinajstić information content (AvgIpc) is 2.60. The van der Waals surface area contributed by atoms with Gasteiger partial charge in [0.15, 0.2) is 0 Å². The Balaban J connectivity index is 1.88. The first-order valence-electron chi connectivity index (χ1n) is 7.00. The molecule has 1 heterocycles. The third kappa shape index (κ3) is 4.58. The van der Waals surface area contributed by atoms with Crippen molar-refractivity contribution in [2.24, 2.45) is 0 Å². The predicted octanol–water partition coefficient (Wildman–Crippen LogP) is 1.95. The highest BCUT2D eigenvalue weighted by molar-refractivity contribution is 5.90. The van der Waals surface area contributed by atoms with Gasteiger partial charge in [-0.25, -0.2) is 9.78 Å². The number of nitrogens with zero attached hydrogens (tertiary/aromatic N) is 1. The number of nitrogens with one attached hydrogen (secondary N) is 2. The molecule has 1 aromatic carbocycles. The molecule has 0 saturated carbocycles. The molecular formula is C16H19N3O4. The molecule has 0 aliphatic heterocycles. The number of hydrogen-bond acceptors (Lipinski definition) is 5. The van der Waals surface area contributed by atoms with Gasteiger partial charge in [-0.05, 0) is 29.8 Å². The number of aliphatic hydroxyl groups is 1. The van der Waals surface area contributed by atoms with Gasteiger partial charge in [-0.15, -0.1) is 0 Å². The van der Waals surface area contributed by atoms with Crippen LogP contribution in [0, 0.1) is 0 Å². The lowest BCUT2D eigenvalue weighted by Crippen LogP contribution is -2.32. The van der Waals surface area contributed by atoms with Crippen LogP contribution in [0.3, 0.4) is 0 Å². The lowest BCUT2D eigenvalue weighted by atomic mass is 10.1. The molecule has 0 aliphatic carbocycles. The topological polar surface area (TPSA) is 92.7 Å². The number of carbonyl (C=O) groups is 1. The van der Waals surface area contributed by atoms with Gasteiger partial charge in [0.1, 0.15) is 11.4 Å². The van der Waals surface area contributed by atoms with E-state index in [1.54, 1.807) is 49.7 Å². The van der Waals surface area contributed by atoms with Gasteiger partial charge in [0.25, 0.3) is 0 Å². The fraction of sp³-hybridized carbons (Fsp3) is 0.250. The first-order valence-corrected chi connectivity index (χ1v) is 7.00. The molecule has 1 aromatic heterocycles. The summed E-state index contributed by atoms with van der Waals surface area (Å²) in [5.41, 5.74) is 1.14. The molecule has 7 nitrogen and oxygen atoms in total. The molecule has 0 saturated heterocycles. The minimum absolute atomic E-state index is 0.0702. The maximum absolute atomic E-state index is 11.9. The Bertz CT molecular complexity index is 646. The van der Waals surface area contributed by atoms with Gasteiger partial charge in [-0.1, -0.05) is 12.1 Å². The second kappa shape index (κ2) is 8.00. The van der Waals surface area contributed by atoms with Crippen molar-refractivity contribution in [3.05, 3.63) is 48.2 Å². The average molecular weight is 317 g/mol. The van der Waals surface area contributed by atoms with Crippen molar-refractivity contribution in [1.29, 1.82) is 0 Å². The normalized spacial score (nSPS) is 11.4. The molecule has 2 amide bonds. The number of aromatic nitrogens is 1. The monoisotopic (exact) mass is 317 g/mol. The largest absolute Gasteiger partial charge is 0.497 e. The van der Waals surface area contributed by atoms with Gasteiger partial charge in [0, 0.05) is 12.7 Å². The molecule has 0 spiro atoms. The number of hydrogen-bond donors (Lipinski definition) is 3.